The molecule has 0 radical (unpaired) electrons. The summed E-state index contributed by atoms with van der Waals surface area (Å²) in [6.07, 6.45) is 5.75. The minimum Gasteiger partial charge on any atom is -0.376 e. The zero-order valence-electron chi connectivity index (χ0n) is 11.4. The van der Waals surface area contributed by atoms with Gasteiger partial charge in [-0.1, -0.05) is 37.1 Å². The minimum atomic E-state index is -0.0891. The Bertz CT molecular complexity index is 427. The molecule has 1 aliphatic carbocycles. The molecule has 3 heteroatoms. The second-order valence-corrected chi connectivity index (χ2v) is 5.89. The molecular weight excluding hydrogens is 238 g/mol. The van der Waals surface area contributed by atoms with Gasteiger partial charge in [0.2, 0.25) is 0 Å². The molecule has 1 unspecified atom stereocenters. The van der Waals surface area contributed by atoms with Crippen molar-refractivity contribution >= 4 is 0 Å². The van der Waals surface area contributed by atoms with E-state index in [1.54, 1.807) is 0 Å². The van der Waals surface area contributed by atoms with Crippen LogP contribution in [-0.4, -0.2) is 25.4 Å². The van der Waals surface area contributed by atoms with Crippen LogP contribution < -0.4 is 5.73 Å². The third kappa shape index (κ3) is 2.99. The number of ether oxygens (including phenoxy) is 2. The molecule has 1 fully saturated rings. The van der Waals surface area contributed by atoms with Gasteiger partial charge in [0.15, 0.2) is 0 Å². The van der Waals surface area contributed by atoms with E-state index in [4.69, 9.17) is 15.2 Å². The molecule has 1 aliphatic heterocycles. The highest BCUT2D eigenvalue weighted by molar-refractivity contribution is 5.30. The lowest BCUT2D eigenvalue weighted by molar-refractivity contribution is -0.0352. The third-order valence-corrected chi connectivity index (χ3v) is 4.35. The van der Waals surface area contributed by atoms with Crippen molar-refractivity contribution in [1.29, 1.82) is 0 Å². The molecule has 1 heterocycles. The van der Waals surface area contributed by atoms with Crippen LogP contribution in [0.1, 0.15) is 42.9 Å². The molecule has 1 aromatic rings. The quantitative estimate of drug-likeness (QED) is 0.906. The maximum atomic E-state index is 6.30. The van der Waals surface area contributed by atoms with Crippen LogP contribution in [0.2, 0.25) is 0 Å². The van der Waals surface area contributed by atoms with Gasteiger partial charge in [-0.3, -0.25) is 0 Å². The zero-order valence-corrected chi connectivity index (χ0v) is 11.4. The Balaban J connectivity index is 1.56. The molecule has 19 heavy (non-hydrogen) atoms. The summed E-state index contributed by atoms with van der Waals surface area (Å²) in [6, 6.07) is 8.50. The van der Waals surface area contributed by atoms with Crippen molar-refractivity contribution in [2.45, 2.75) is 43.7 Å². The van der Waals surface area contributed by atoms with Crippen LogP contribution in [0, 0.1) is 0 Å². The van der Waals surface area contributed by atoms with E-state index in [1.807, 2.05) is 0 Å². The lowest BCUT2D eigenvalue weighted by atomic mass is 9.98. The fourth-order valence-electron chi connectivity index (χ4n) is 3.21. The summed E-state index contributed by atoms with van der Waals surface area (Å²) in [4.78, 5) is 0. The second kappa shape index (κ2) is 5.61. The van der Waals surface area contributed by atoms with Gasteiger partial charge in [-0.25, -0.2) is 0 Å². The predicted octanol–water partition coefficient (Wildman–Crippen LogP) is 2.59. The highest BCUT2D eigenvalue weighted by Gasteiger charge is 2.30. The lowest BCUT2D eigenvalue weighted by Gasteiger charge is -2.28. The van der Waals surface area contributed by atoms with E-state index in [2.05, 4.69) is 24.3 Å². The van der Waals surface area contributed by atoms with Crippen LogP contribution in [0.3, 0.4) is 0 Å². The van der Waals surface area contributed by atoms with E-state index in [9.17, 15) is 0 Å². The number of fused-ring (bicyclic) bond motifs is 1. The van der Waals surface area contributed by atoms with E-state index < -0.39 is 0 Å². The molecule has 3 rings (SSSR count). The van der Waals surface area contributed by atoms with Crippen molar-refractivity contribution in [3.05, 3.63) is 35.4 Å². The molecule has 1 saturated carbocycles. The fourth-order valence-corrected chi connectivity index (χ4v) is 3.21. The van der Waals surface area contributed by atoms with Gasteiger partial charge >= 0.3 is 0 Å². The molecular formula is C16H23NO2. The van der Waals surface area contributed by atoms with E-state index in [0.717, 1.165) is 25.9 Å². The normalized spacial score (nSPS) is 25.2. The smallest absolute Gasteiger partial charge is 0.106 e. The van der Waals surface area contributed by atoms with Crippen molar-refractivity contribution in [3.8, 4) is 0 Å². The first-order valence-corrected chi connectivity index (χ1v) is 7.33. The molecule has 1 aromatic carbocycles. The highest BCUT2D eigenvalue weighted by atomic mass is 16.5. The molecule has 3 nitrogen and oxygen atoms in total. The molecule has 2 aliphatic rings. The van der Waals surface area contributed by atoms with Crippen LogP contribution in [0.5, 0.6) is 0 Å². The SMILES string of the molecule is NC1(COCC2OCCc3ccccc32)CCCC1. The first-order valence-electron chi connectivity index (χ1n) is 7.33. The van der Waals surface area contributed by atoms with Gasteiger partial charge in [0.05, 0.1) is 19.8 Å². The van der Waals surface area contributed by atoms with Gasteiger partial charge in [-0.05, 0) is 30.4 Å². The van der Waals surface area contributed by atoms with Crippen molar-refractivity contribution in [2.24, 2.45) is 5.73 Å². The van der Waals surface area contributed by atoms with Crippen LogP contribution >= 0.6 is 0 Å². The van der Waals surface area contributed by atoms with Crippen LogP contribution in [0.4, 0.5) is 0 Å². The fraction of sp³-hybridized carbons (Fsp3) is 0.625. The monoisotopic (exact) mass is 261 g/mol. The number of benzene rings is 1. The Kier molecular flexibility index (Phi) is 3.87. The molecule has 104 valence electrons. The first-order chi connectivity index (χ1) is 9.27. The Labute approximate surface area is 115 Å². The predicted molar refractivity (Wildman–Crippen MR) is 75.0 cm³/mol. The number of rotatable bonds is 4. The summed E-state index contributed by atoms with van der Waals surface area (Å²) in [5.74, 6) is 0. The standard InChI is InChI=1S/C16H23NO2/c17-16(8-3-4-9-16)12-18-11-15-14-6-2-1-5-13(14)7-10-19-15/h1-2,5-6,15H,3-4,7-12,17H2. The Hall–Kier alpha value is -0.900. The first kappa shape index (κ1) is 13.1. The Morgan fingerprint density at radius 3 is 2.89 bits per heavy atom. The molecule has 0 saturated heterocycles. The molecule has 0 bridgehead atoms. The van der Waals surface area contributed by atoms with Crippen molar-refractivity contribution < 1.29 is 9.47 Å². The maximum Gasteiger partial charge on any atom is 0.106 e. The molecule has 1 atom stereocenters. The van der Waals surface area contributed by atoms with Crippen molar-refractivity contribution in [3.63, 3.8) is 0 Å². The Morgan fingerprint density at radius 1 is 1.26 bits per heavy atom. The molecule has 0 amide bonds. The van der Waals surface area contributed by atoms with Crippen molar-refractivity contribution in [2.75, 3.05) is 19.8 Å². The largest absolute Gasteiger partial charge is 0.376 e. The van der Waals surface area contributed by atoms with Crippen LogP contribution in [-0.2, 0) is 15.9 Å². The summed E-state index contributed by atoms with van der Waals surface area (Å²) in [5, 5.41) is 0. The van der Waals surface area contributed by atoms with E-state index in [1.165, 1.54) is 24.0 Å². The average Bonchev–Trinajstić information content (AvgIpc) is 2.86. The highest BCUT2D eigenvalue weighted by Crippen LogP contribution is 2.30. The Morgan fingerprint density at radius 2 is 2.05 bits per heavy atom. The van der Waals surface area contributed by atoms with Gasteiger partial charge in [0.25, 0.3) is 0 Å². The van der Waals surface area contributed by atoms with Gasteiger partial charge in [-0.2, -0.15) is 0 Å². The van der Waals surface area contributed by atoms with Gasteiger partial charge in [0, 0.05) is 5.54 Å². The van der Waals surface area contributed by atoms with E-state index in [-0.39, 0.29) is 11.6 Å². The molecule has 0 spiro atoms. The van der Waals surface area contributed by atoms with Crippen LogP contribution in [0.25, 0.3) is 0 Å². The third-order valence-electron chi connectivity index (χ3n) is 4.35. The summed E-state index contributed by atoms with van der Waals surface area (Å²) in [7, 11) is 0. The topological polar surface area (TPSA) is 44.5 Å². The molecule has 2 N–H and O–H groups in total. The summed E-state index contributed by atoms with van der Waals surface area (Å²) < 4.78 is 11.7. The summed E-state index contributed by atoms with van der Waals surface area (Å²) in [5.41, 5.74) is 8.89. The number of hydrogen-bond acceptors (Lipinski definition) is 3. The van der Waals surface area contributed by atoms with Gasteiger partial charge in [-0.15, -0.1) is 0 Å². The number of nitrogens with two attached hydrogens (primary N) is 1. The lowest BCUT2D eigenvalue weighted by Crippen LogP contribution is -2.42. The number of hydrogen-bond donors (Lipinski definition) is 1. The summed E-state index contributed by atoms with van der Waals surface area (Å²) >= 11 is 0. The average molecular weight is 261 g/mol. The van der Waals surface area contributed by atoms with E-state index in [0.29, 0.717) is 13.2 Å². The van der Waals surface area contributed by atoms with Crippen LogP contribution in [0.15, 0.2) is 24.3 Å². The second-order valence-electron chi connectivity index (χ2n) is 5.89. The summed E-state index contributed by atoms with van der Waals surface area (Å²) in [6.45, 7) is 2.07. The molecule has 0 aromatic heterocycles. The minimum absolute atomic E-state index is 0.0787. The zero-order chi connectivity index (χ0) is 13.1. The maximum absolute atomic E-state index is 6.30. The van der Waals surface area contributed by atoms with Gasteiger partial charge < -0.3 is 15.2 Å². The van der Waals surface area contributed by atoms with Gasteiger partial charge in [0.1, 0.15) is 6.10 Å². The van der Waals surface area contributed by atoms with E-state index >= 15 is 0 Å². The van der Waals surface area contributed by atoms with Crippen molar-refractivity contribution in [1.82, 2.24) is 0 Å².